The van der Waals surface area contributed by atoms with Gasteiger partial charge in [0.15, 0.2) is 11.0 Å². The van der Waals surface area contributed by atoms with Crippen molar-refractivity contribution in [3.8, 4) is 11.4 Å². The first kappa shape index (κ1) is 17.5. The van der Waals surface area contributed by atoms with Crippen molar-refractivity contribution in [1.82, 2.24) is 19.7 Å². The number of aromatic nitrogens is 3. The molecule has 1 heterocycles. The third-order valence-electron chi connectivity index (χ3n) is 3.74. The molecular weight excluding hydrogens is 308 g/mol. The number of hydrogen-bond acceptors (Lipinski definition) is 4. The van der Waals surface area contributed by atoms with Gasteiger partial charge in [-0.25, -0.2) is 0 Å². The van der Waals surface area contributed by atoms with Gasteiger partial charge in [-0.3, -0.25) is 4.79 Å². The first-order valence-electron chi connectivity index (χ1n) is 7.66. The summed E-state index contributed by atoms with van der Waals surface area (Å²) >= 11 is 1.48. The van der Waals surface area contributed by atoms with Gasteiger partial charge in [-0.15, -0.1) is 10.2 Å². The number of rotatable bonds is 5. The summed E-state index contributed by atoms with van der Waals surface area (Å²) in [6.45, 7) is 6.17. The molecule has 1 atom stereocenters. The van der Waals surface area contributed by atoms with Gasteiger partial charge in [-0.05, 0) is 18.4 Å². The van der Waals surface area contributed by atoms with Crippen LogP contribution in [0.2, 0.25) is 0 Å². The summed E-state index contributed by atoms with van der Waals surface area (Å²) in [6, 6.07) is 8.10. The molecule has 1 aromatic carbocycles. The van der Waals surface area contributed by atoms with E-state index in [1.807, 2.05) is 29.8 Å². The van der Waals surface area contributed by atoms with Gasteiger partial charge in [0.1, 0.15) is 0 Å². The smallest absolute Gasteiger partial charge is 0.235 e. The summed E-state index contributed by atoms with van der Waals surface area (Å²) in [5.41, 5.74) is 2.22. The van der Waals surface area contributed by atoms with Crippen LogP contribution in [-0.4, -0.2) is 44.9 Å². The Labute approximate surface area is 142 Å². The molecule has 124 valence electrons. The molecule has 1 amide bonds. The second kappa shape index (κ2) is 7.17. The lowest BCUT2D eigenvalue weighted by atomic mass is 10.1. The zero-order valence-corrected chi connectivity index (χ0v) is 15.4. The van der Waals surface area contributed by atoms with E-state index in [2.05, 4.69) is 37.0 Å². The van der Waals surface area contributed by atoms with E-state index in [0.29, 0.717) is 0 Å². The molecule has 23 heavy (non-hydrogen) atoms. The Morgan fingerprint density at radius 3 is 2.43 bits per heavy atom. The summed E-state index contributed by atoms with van der Waals surface area (Å²) in [4.78, 5) is 14.0. The van der Waals surface area contributed by atoms with Crippen LogP contribution in [-0.2, 0) is 11.8 Å². The third kappa shape index (κ3) is 3.75. The van der Waals surface area contributed by atoms with Crippen LogP contribution in [0.1, 0.15) is 19.4 Å². The predicted molar refractivity (Wildman–Crippen MR) is 94.4 cm³/mol. The quantitative estimate of drug-likeness (QED) is 0.790. The van der Waals surface area contributed by atoms with Gasteiger partial charge in [0.25, 0.3) is 0 Å². The number of amides is 1. The van der Waals surface area contributed by atoms with Gasteiger partial charge in [-0.1, -0.05) is 49.9 Å². The summed E-state index contributed by atoms with van der Waals surface area (Å²) in [6.07, 6.45) is 0. The normalized spacial score (nSPS) is 12.5. The van der Waals surface area contributed by atoms with Crippen molar-refractivity contribution in [3.63, 3.8) is 0 Å². The lowest BCUT2D eigenvalue weighted by molar-refractivity contribution is -0.128. The van der Waals surface area contributed by atoms with Gasteiger partial charge < -0.3 is 9.47 Å². The number of benzene rings is 1. The van der Waals surface area contributed by atoms with E-state index in [1.54, 1.807) is 19.0 Å². The van der Waals surface area contributed by atoms with Crippen LogP contribution in [0.5, 0.6) is 0 Å². The average molecular weight is 332 g/mol. The van der Waals surface area contributed by atoms with Crippen LogP contribution in [0.15, 0.2) is 29.4 Å². The molecule has 2 rings (SSSR count). The molecule has 0 aliphatic heterocycles. The van der Waals surface area contributed by atoms with E-state index in [4.69, 9.17) is 0 Å². The van der Waals surface area contributed by atoms with Crippen LogP contribution >= 0.6 is 11.8 Å². The first-order valence-corrected chi connectivity index (χ1v) is 8.54. The second-order valence-corrected chi connectivity index (χ2v) is 7.30. The highest BCUT2D eigenvalue weighted by Gasteiger charge is 2.27. The van der Waals surface area contributed by atoms with Crippen molar-refractivity contribution < 1.29 is 4.79 Å². The van der Waals surface area contributed by atoms with Gasteiger partial charge >= 0.3 is 0 Å². The number of nitrogens with zero attached hydrogens (tertiary/aromatic N) is 4. The largest absolute Gasteiger partial charge is 0.348 e. The van der Waals surface area contributed by atoms with E-state index >= 15 is 0 Å². The van der Waals surface area contributed by atoms with Gasteiger partial charge in [0.05, 0.1) is 5.25 Å². The third-order valence-corrected chi connectivity index (χ3v) is 5.31. The molecule has 2 aromatic rings. The molecule has 0 unspecified atom stereocenters. The molecule has 0 saturated carbocycles. The average Bonchev–Trinajstić information content (AvgIpc) is 2.85. The van der Waals surface area contributed by atoms with Crippen LogP contribution in [0.3, 0.4) is 0 Å². The van der Waals surface area contributed by atoms with Crippen molar-refractivity contribution in [2.24, 2.45) is 13.0 Å². The molecule has 0 spiro atoms. The summed E-state index contributed by atoms with van der Waals surface area (Å²) in [5, 5.41) is 9.23. The minimum Gasteiger partial charge on any atom is -0.348 e. The molecule has 0 N–H and O–H groups in total. The van der Waals surface area contributed by atoms with Crippen LogP contribution in [0.25, 0.3) is 11.4 Å². The molecule has 5 nitrogen and oxygen atoms in total. The molecule has 0 saturated heterocycles. The molecule has 0 aliphatic rings. The maximum atomic E-state index is 12.4. The SMILES string of the molecule is Cc1ccccc1-c1nnc(S[C@H](C(=O)N(C)C)C(C)C)n1C. The predicted octanol–water partition coefficient (Wildman–Crippen LogP) is 3.00. The van der Waals surface area contributed by atoms with E-state index in [1.165, 1.54) is 11.8 Å². The fraction of sp³-hybridized carbons (Fsp3) is 0.471. The second-order valence-electron chi connectivity index (χ2n) is 6.20. The molecule has 1 aromatic heterocycles. The van der Waals surface area contributed by atoms with E-state index < -0.39 is 0 Å². The zero-order valence-electron chi connectivity index (χ0n) is 14.6. The van der Waals surface area contributed by atoms with Crippen molar-refractivity contribution in [3.05, 3.63) is 29.8 Å². The number of carbonyl (C=O) groups excluding carboxylic acids is 1. The summed E-state index contributed by atoms with van der Waals surface area (Å²) in [7, 11) is 5.52. The lowest BCUT2D eigenvalue weighted by Crippen LogP contribution is -2.35. The lowest BCUT2D eigenvalue weighted by Gasteiger charge is -2.22. The van der Waals surface area contributed by atoms with Crippen LogP contribution in [0, 0.1) is 12.8 Å². The summed E-state index contributed by atoms with van der Waals surface area (Å²) in [5.74, 6) is 1.14. The Bertz CT molecular complexity index is 694. The van der Waals surface area contributed by atoms with Gasteiger partial charge in [-0.2, -0.15) is 0 Å². The number of carbonyl (C=O) groups is 1. The first-order chi connectivity index (χ1) is 10.8. The van der Waals surface area contributed by atoms with Crippen molar-refractivity contribution >= 4 is 17.7 Å². The molecule has 0 aliphatic carbocycles. The molecule has 0 bridgehead atoms. The van der Waals surface area contributed by atoms with Crippen LogP contribution < -0.4 is 0 Å². The van der Waals surface area contributed by atoms with Crippen molar-refractivity contribution in [2.75, 3.05) is 14.1 Å². The Morgan fingerprint density at radius 1 is 1.22 bits per heavy atom. The standard InChI is InChI=1S/C17H24N4OS/c1-11(2)14(16(22)20(4)5)23-17-19-18-15(21(17)6)13-10-8-7-9-12(13)3/h7-11,14H,1-6H3/t14-/m0/s1. The zero-order chi connectivity index (χ0) is 17.1. The Kier molecular flexibility index (Phi) is 5.46. The molecular formula is C17H24N4OS. The highest BCUT2D eigenvalue weighted by atomic mass is 32.2. The topological polar surface area (TPSA) is 51.0 Å². The number of aryl methyl sites for hydroxylation is 1. The van der Waals surface area contributed by atoms with Crippen molar-refractivity contribution in [1.29, 1.82) is 0 Å². The maximum absolute atomic E-state index is 12.4. The fourth-order valence-electron chi connectivity index (χ4n) is 2.32. The van der Waals surface area contributed by atoms with Gasteiger partial charge in [0, 0.05) is 26.7 Å². The minimum absolute atomic E-state index is 0.102. The van der Waals surface area contributed by atoms with E-state index in [0.717, 1.165) is 22.1 Å². The van der Waals surface area contributed by atoms with Crippen molar-refractivity contribution in [2.45, 2.75) is 31.2 Å². The number of hydrogen-bond donors (Lipinski definition) is 0. The Morgan fingerprint density at radius 2 is 1.87 bits per heavy atom. The minimum atomic E-state index is -0.169. The summed E-state index contributed by atoms with van der Waals surface area (Å²) < 4.78 is 1.96. The molecule has 6 heteroatoms. The monoisotopic (exact) mass is 332 g/mol. The fourth-order valence-corrected chi connectivity index (χ4v) is 3.46. The highest BCUT2D eigenvalue weighted by Crippen LogP contribution is 2.30. The van der Waals surface area contributed by atoms with E-state index in [9.17, 15) is 4.79 Å². The Hall–Kier alpha value is -1.82. The Balaban J connectivity index is 2.32. The maximum Gasteiger partial charge on any atom is 0.235 e. The molecule has 0 fully saturated rings. The van der Waals surface area contributed by atoms with Gasteiger partial charge in [0.2, 0.25) is 5.91 Å². The van der Waals surface area contributed by atoms with Crippen LogP contribution in [0.4, 0.5) is 0 Å². The highest BCUT2D eigenvalue weighted by molar-refractivity contribution is 8.00. The number of thioether (sulfide) groups is 1. The van der Waals surface area contributed by atoms with E-state index in [-0.39, 0.29) is 17.1 Å². The molecule has 0 radical (unpaired) electrons.